The molecule has 0 aromatic carbocycles. The molecule has 0 aromatic heterocycles. The Kier molecular flexibility index (Phi) is 36.1. The van der Waals surface area contributed by atoms with Crippen LogP contribution in [0.1, 0.15) is 0 Å². The molecule has 0 saturated carbocycles. The van der Waals surface area contributed by atoms with Gasteiger partial charge >= 0.3 is 0 Å². The molecular weight excluding hydrogens is 203 g/mol. The summed E-state index contributed by atoms with van der Waals surface area (Å²) in [6.45, 7) is 0. The zero-order chi connectivity index (χ0) is 7.15. The van der Waals surface area contributed by atoms with Crippen molar-refractivity contribution in [2.24, 2.45) is 0 Å². The van der Waals surface area contributed by atoms with E-state index in [1.165, 1.54) is 0 Å². The van der Waals surface area contributed by atoms with Gasteiger partial charge in [0.2, 0.25) is 0 Å². The molecule has 0 amide bonds. The van der Waals surface area contributed by atoms with Crippen molar-refractivity contribution >= 4 is 0 Å². The standard InChI is InChI=1S/HNO3.NO3.H3N.Zn/c2*2-1(3)4;;/h(H,2,3,4);;1H3;/q;-1;;. The fourth-order valence-electron chi connectivity index (χ4n) is 0. The number of nitrogens with zero attached hydrogens (tertiary/aromatic N) is 2. The molecule has 0 saturated heterocycles. The number of rotatable bonds is 0. The molecule has 0 rings (SSSR count). The molecule has 9 nitrogen and oxygen atoms in total. The van der Waals surface area contributed by atoms with Gasteiger partial charge in [-0.2, -0.15) is 0 Å². The molecular formula is H4N3O6Zn-. The van der Waals surface area contributed by atoms with E-state index in [9.17, 15) is 0 Å². The molecule has 0 fully saturated rings. The van der Waals surface area contributed by atoms with Gasteiger partial charge in [-0.25, -0.2) is 0 Å². The third-order valence-electron chi connectivity index (χ3n) is 0. The second-order valence-electron chi connectivity index (χ2n) is 0.461. The van der Waals surface area contributed by atoms with Crippen molar-refractivity contribution in [3.63, 3.8) is 0 Å². The summed E-state index contributed by atoms with van der Waals surface area (Å²) in [4.78, 5) is 16.6. The predicted octanol–water partition coefficient (Wildman–Crippen LogP) is -0.427. The summed E-state index contributed by atoms with van der Waals surface area (Å²) in [5.74, 6) is 0. The van der Waals surface area contributed by atoms with Crippen molar-refractivity contribution < 1.29 is 34.9 Å². The van der Waals surface area contributed by atoms with Crippen LogP contribution in [0, 0.1) is 25.4 Å². The van der Waals surface area contributed by atoms with E-state index in [0.717, 1.165) is 0 Å². The van der Waals surface area contributed by atoms with E-state index in [2.05, 4.69) is 0 Å². The van der Waals surface area contributed by atoms with Crippen molar-refractivity contribution in [2.75, 3.05) is 0 Å². The maximum absolute atomic E-state index is 8.36. The molecule has 0 radical (unpaired) electrons. The van der Waals surface area contributed by atoms with E-state index in [1.54, 1.807) is 0 Å². The zero-order valence-electron chi connectivity index (χ0n) is 4.80. The third-order valence-corrected chi connectivity index (χ3v) is 0. The monoisotopic (exact) mass is 206 g/mol. The van der Waals surface area contributed by atoms with Gasteiger partial charge in [0.25, 0.3) is 5.09 Å². The van der Waals surface area contributed by atoms with Crippen molar-refractivity contribution in [1.29, 1.82) is 0 Å². The zero-order valence-corrected chi connectivity index (χ0v) is 7.76. The van der Waals surface area contributed by atoms with E-state index in [-0.39, 0.29) is 25.6 Å². The Morgan fingerprint density at radius 3 is 1.10 bits per heavy atom. The summed E-state index contributed by atoms with van der Waals surface area (Å²) in [5.41, 5.74) is 0. The molecule has 0 heterocycles. The van der Waals surface area contributed by atoms with Gasteiger partial charge in [0.1, 0.15) is 0 Å². The largest absolute Gasteiger partial charge is 0.356 e. The number of hydrogen-bond acceptors (Lipinski definition) is 6. The Morgan fingerprint density at radius 1 is 1.10 bits per heavy atom. The topological polar surface area (TPSA) is 165 Å². The first-order valence-corrected chi connectivity index (χ1v) is 1.11. The van der Waals surface area contributed by atoms with Gasteiger partial charge in [0.05, 0.1) is 5.09 Å². The Morgan fingerprint density at radius 2 is 1.10 bits per heavy atom. The van der Waals surface area contributed by atoms with E-state index in [0.29, 0.717) is 0 Å². The van der Waals surface area contributed by atoms with Crippen LogP contribution in [0.15, 0.2) is 0 Å². The minimum absolute atomic E-state index is 0. The van der Waals surface area contributed by atoms with E-state index < -0.39 is 10.2 Å². The first-order valence-electron chi connectivity index (χ1n) is 1.11. The van der Waals surface area contributed by atoms with E-state index >= 15 is 0 Å². The van der Waals surface area contributed by atoms with Crippen LogP contribution in [0.3, 0.4) is 0 Å². The molecule has 0 aliphatic heterocycles. The van der Waals surface area contributed by atoms with Gasteiger partial charge in [-0.05, 0) is 0 Å². The SMILES string of the molecule is N.O=[N+]([O-])O.O=[N+]([O-])[O-].[Zn]. The summed E-state index contributed by atoms with van der Waals surface area (Å²) in [7, 11) is 0. The van der Waals surface area contributed by atoms with Crippen LogP contribution >= 0.6 is 0 Å². The average molecular weight is 207 g/mol. The predicted molar refractivity (Wildman–Crippen MR) is 24.2 cm³/mol. The minimum atomic E-state index is -1.75. The van der Waals surface area contributed by atoms with Gasteiger partial charge in [0.15, 0.2) is 0 Å². The van der Waals surface area contributed by atoms with Crippen molar-refractivity contribution in [3.05, 3.63) is 25.4 Å². The van der Waals surface area contributed by atoms with Crippen LogP contribution in [0.25, 0.3) is 0 Å². The molecule has 4 N–H and O–H groups in total. The Labute approximate surface area is 67.2 Å². The van der Waals surface area contributed by atoms with Crippen molar-refractivity contribution in [3.8, 4) is 0 Å². The molecule has 0 aliphatic carbocycles. The van der Waals surface area contributed by atoms with Gasteiger partial charge < -0.3 is 26.7 Å². The van der Waals surface area contributed by atoms with Gasteiger partial charge in [-0.1, -0.05) is 0 Å². The maximum Gasteiger partial charge on any atom is 0.291 e. The fraction of sp³-hybridized carbons (Fsp3) is 0. The van der Waals surface area contributed by atoms with Crippen LogP contribution in [0.5, 0.6) is 0 Å². The second kappa shape index (κ2) is 15.7. The van der Waals surface area contributed by atoms with Crippen LogP contribution in [-0.2, 0) is 19.5 Å². The van der Waals surface area contributed by atoms with Gasteiger partial charge in [0, 0.05) is 19.5 Å². The molecule has 10 heavy (non-hydrogen) atoms. The summed E-state index contributed by atoms with van der Waals surface area (Å²) in [6, 6.07) is 0. The first-order chi connectivity index (χ1) is 3.46. The molecule has 0 spiro atoms. The molecule has 0 aromatic rings. The van der Waals surface area contributed by atoms with Crippen LogP contribution in [0.2, 0.25) is 0 Å². The number of hydrogen-bond donors (Lipinski definition) is 2. The fourth-order valence-corrected chi connectivity index (χ4v) is 0. The summed E-state index contributed by atoms with van der Waals surface area (Å²) in [5, 5.41) is 28.4. The summed E-state index contributed by atoms with van der Waals surface area (Å²) in [6.07, 6.45) is 0. The Hall–Kier alpha value is -1.02. The van der Waals surface area contributed by atoms with Crippen LogP contribution in [-0.4, -0.2) is 15.4 Å². The van der Waals surface area contributed by atoms with Crippen LogP contribution < -0.4 is 6.15 Å². The minimum Gasteiger partial charge on any atom is -0.356 e. The Balaban J connectivity index is -0.0000000300. The van der Waals surface area contributed by atoms with E-state index in [1.807, 2.05) is 0 Å². The molecule has 0 atom stereocenters. The summed E-state index contributed by atoms with van der Waals surface area (Å²) >= 11 is 0. The van der Waals surface area contributed by atoms with Gasteiger partial charge in [-0.15, -0.1) is 10.1 Å². The molecule has 0 bridgehead atoms. The normalized spacial score (nSPS) is 4.80. The summed E-state index contributed by atoms with van der Waals surface area (Å²) < 4.78 is 0. The van der Waals surface area contributed by atoms with Gasteiger partial charge in [-0.3, -0.25) is 0 Å². The smallest absolute Gasteiger partial charge is 0.291 e. The first kappa shape index (κ1) is 23.1. The maximum atomic E-state index is 8.36. The quantitative estimate of drug-likeness (QED) is 0.309. The Bertz CT molecular complexity index is 71.0. The van der Waals surface area contributed by atoms with Crippen molar-refractivity contribution in [2.45, 2.75) is 0 Å². The molecule has 0 unspecified atom stereocenters. The van der Waals surface area contributed by atoms with Crippen LogP contribution in [0.4, 0.5) is 0 Å². The molecule has 10 heteroatoms. The molecule has 58 valence electrons. The second-order valence-corrected chi connectivity index (χ2v) is 0.461. The average Bonchev–Trinajstić information content (AvgIpc) is 1.25. The van der Waals surface area contributed by atoms with Crippen molar-refractivity contribution in [1.82, 2.24) is 6.15 Å². The molecule has 0 aliphatic rings. The third kappa shape index (κ3) is 242. The van der Waals surface area contributed by atoms with E-state index in [4.69, 9.17) is 30.6 Å².